The van der Waals surface area contributed by atoms with Crippen LogP contribution >= 0.6 is 0 Å². The molecule has 2 rings (SSSR count). The van der Waals surface area contributed by atoms with E-state index in [-0.39, 0.29) is 11.9 Å². The molecule has 0 unspecified atom stereocenters. The maximum absolute atomic E-state index is 11.8. The van der Waals surface area contributed by atoms with Crippen molar-refractivity contribution >= 4 is 11.9 Å². The van der Waals surface area contributed by atoms with Gasteiger partial charge in [0, 0.05) is 39.3 Å². The summed E-state index contributed by atoms with van der Waals surface area (Å²) in [5.41, 5.74) is 0. The number of rotatable bonds is 6. The van der Waals surface area contributed by atoms with Gasteiger partial charge in [-0.1, -0.05) is 0 Å². The molecule has 0 fully saturated rings. The lowest BCUT2D eigenvalue weighted by Gasteiger charge is -2.10. The molecular formula is C12H18N6O2. The predicted octanol–water partition coefficient (Wildman–Crippen LogP) is 0.669. The molecule has 1 amide bonds. The van der Waals surface area contributed by atoms with Gasteiger partial charge in [-0.25, -0.2) is 4.98 Å². The molecule has 8 nitrogen and oxygen atoms in total. The number of imidazole rings is 1. The quantitative estimate of drug-likeness (QED) is 0.805. The number of aryl methyl sites for hydroxylation is 1. The molecule has 0 saturated heterocycles. The maximum atomic E-state index is 11.8. The molecule has 2 N–H and O–H groups in total. The Morgan fingerprint density at radius 2 is 2.35 bits per heavy atom. The fourth-order valence-corrected chi connectivity index (χ4v) is 1.65. The van der Waals surface area contributed by atoms with Crippen molar-refractivity contribution in [1.29, 1.82) is 0 Å². The highest BCUT2D eigenvalue weighted by atomic mass is 16.5. The Morgan fingerprint density at radius 3 is 2.95 bits per heavy atom. The van der Waals surface area contributed by atoms with Gasteiger partial charge in [0.15, 0.2) is 0 Å². The SMILES string of the molecule is C[C@@H](NC(=O)CCc1nc(N(C)C)no1)c1ncc[nH]1. The molecule has 2 aromatic heterocycles. The highest BCUT2D eigenvalue weighted by Gasteiger charge is 2.13. The summed E-state index contributed by atoms with van der Waals surface area (Å²) in [4.78, 5) is 24.8. The maximum Gasteiger partial charge on any atom is 0.265 e. The van der Waals surface area contributed by atoms with E-state index in [4.69, 9.17) is 4.52 Å². The standard InChI is InChI=1S/C12H18N6O2/c1-8(11-13-6-7-14-11)15-9(19)4-5-10-16-12(17-20-10)18(2)3/h6-8H,4-5H2,1-3H3,(H,13,14)(H,15,19)/t8-/m1/s1. The molecule has 0 aromatic carbocycles. The number of hydrogen-bond acceptors (Lipinski definition) is 6. The summed E-state index contributed by atoms with van der Waals surface area (Å²) in [6, 6.07) is -0.155. The predicted molar refractivity (Wildman–Crippen MR) is 72.1 cm³/mol. The number of nitrogens with zero attached hydrogens (tertiary/aromatic N) is 4. The number of carbonyl (C=O) groups is 1. The minimum absolute atomic E-state index is 0.0847. The van der Waals surface area contributed by atoms with Gasteiger partial charge in [0.05, 0.1) is 6.04 Å². The Labute approximate surface area is 116 Å². The molecule has 0 radical (unpaired) electrons. The zero-order valence-corrected chi connectivity index (χ0v) is 11.8. The van der Waals surface area contributed by atoms with Gasteiger partial charge < -0.3 is 19.7 Å². The fraction of sp³-hybridized carbons (Fsp3) is 0.500. The van der Waals surface area contributed by atoms with E-state index >= 15 is 0 Å². The molecule has 20 heavy (non-hydrogen) atoms. The number of amides is 1. The first-order valence-electron chi connectivity index (χ1n) is 6.35. The number of aromatic nitrogens is 4. The highest BCUT2D eigenvalue weighted by Crippen LogP contribution is 2.09. The Kier molecular flexibility index (Phi) is 4.34. The average molecular weight is 278 g/mol. The third-order valence-corrected chi connectivity index (χ3v) is 2.73. The zero-order valence-electron chi connectivity index (χ0n) is 11.8. The van der Waals surface area contributed by atoms with Crippen LogP contribution in [0, 0.1) is 0 Å². The Balaban J connectivity index is 1.80. The summed E-state index contributed by atoms with van der Waals surface area (Å²) in [6.45, 7) is 1.87. The van der Waals surface area contributed by atoms with Gasteiger partial charge in [0.25, 0.3) is 5.95 Å². The summed E-state index contributed by atoms with van der Waals surface area (Å²) in [7, 11) is 3.65. The number of H-pyrrole nitrogens is 1. The Bertz CT molecular complexity index is 548. The first kappa shape index (κ1) is 14.0. The van der Waals surface area contributed by atoms with E-state index in [0.717, 1.165) is 5.82 Å². The minimum Gasteiger partial charge on any atom is -0.347 e. The summed E-state index contributed by atoms with van der Waals surface area (Å²) in [5, 5.41) is 6.64. The van der Waals surface area contributed by atoms with Crippen molar-refractivity contribution in [1.82, 2.24) is 25.4 Å². The van der Waals surface area contributed by atoms with E-state index < -0.39 is 0 Å². The van der Waals surface area contributed by atoms with Crippen molar-refractivity contribution in [3.8, 4) is 0 Å². The third kappa shape index (κ3) is 3.56. The molecule has 1 atom stereocenters. The topological polar surface area (TPSA) is 99.9 Å². The van der Waals surface area contributed by atoms with Crippen LogP contribution in [0.2, 0.25) is 0 Å². The summed E-state index contributed by atoms with van der Waals surface area (Å²) >= 11 is 0. The van der Waals surface area contributed by atoms with Crippen molar-refractivity contribution in [2.24, 2.45) is 0 Å². The molecule has 108 valence electrons. The lowest BCUT2D eigenvalue weighted by Crippen LogP contribution is -2.27. The molecule has 2 aromatic rings. The lowest BCUT2D eigenvalue weighted by atomic mass is 10.2. The van der Waals surface area contributed by atoms with Crippen LogP contribution in [0.15, 0.2) is 16.9 Å². The van der Waals surface area contributed by atoms with Crippen molar-refractivity contribution in [3.63, 3.8) is 0 Å². The second kappa shape index (κ2) is 6.18. The van der Waals surface area contributed by atoms with E-state index in [1.165, 1.54) is 0 Å². The second-order valence-corrected chi connectivity index (χ2v) is 4.65. The van der Waals surface area contributed by atoms with Gasteiger partial charge in [-0.05, 0) is 12.1 Å². The molecule has 0 aliphatic carbocycles. The highest BCUT2D eigenvalue weighted by molar-refractivity contribution is 5.76. The zero-order chi connectivity index (χ0) is 14.5. The molecule has 0 aliphatic rings. The van der Waals surface area contributed by atoms with Crippen LogP contribution in [-0.4, -0.2) is 40.1 Å². The summed E-state index contributed by atoms with van der Waals surface area (Å²) in [5.74, 6) is 1.60. The fourth-order valence-electron chi connectivity index (χ4n) is 1.65. The van der Waals surface area contributed by atoms with Crippen molar-refractivity contribution < 1.29 is 9.32 Å². The Morgan fingerprint density at radius 1 is 1.55 bits per heavy atom. The van der Waals surface area contributed by atoms with Crippen LogP contribution in [0.5, 0.6) is 0 Å². The van der Waals surface area contributed by atoms with Gasteiger partial charge in [-0.15, -0.1) is 0 Å². The van der Waals surface area contributed by atoms with E-state index in [2.05, 4.69) is 25.4 Å². The molecule has 0 aliphatic heterocycles. The normalized spacial score (nSPS) is 12.2. The molecule has 0 spiro atoms. The summed E-state index contributed by atoms with van der Waals surface area (Å²) < 4.78 is 5.05. The van der Waals surface area contributed by atoms with Gasteiger partial charge in [0.1, 0.15) is 5.82 Å². The van der Waals surface area contributed by atoms with Gasteiger partial charge in [-0.3, -0.25) is 4.79 Å². The number of anilines is 1. The Hall–Kier alpha value is -2.38. The van der Waals surface area contributed by atoms with Gasteiger partial charge >= 0.3 is 0 Å². The number of aromatic amines is 1. The van der Waals surface area contributed by atoms with Gasteiger partial charge in [0.2, 0.25) is 11.8 Å². The van der Waals surface area contributed by atoms with Crippen LogP contribution in [-0.2, 0) is 11.2 Å². The third-order valence-electron chi connectivity index (χ3n) is 2.73. The number of carbonyl (C=O) groups excluding carboxylic acids is 1. The van der Waals surface area contributed by atoms with Crippen molar-refractivity contribution in [2.45, 2.75) is 25.8 Å². The first-order chi connectivity index (χ1) is 9.56. The van der Waals surface area contributed by atoms with Crippen molar-refractivity contribution in [2.75, 3.05) is 19.0 Å². The van der Waals surface area contributed by atoms with Crippen LogP contribution in [0.1, 0.15) is 31.1 Å². The number of nitrogens with one attached hydrogen (secondary N) is 2. The number of hydrogen-bond donors (Lipinski definition) is 2. The van der Waals surface area contributed by atoms with Crippen LogP contribution in [0.3, 0.4) is 0 Å². The van der Waals surface area contributed by atoms with E-state index in [1.54, 1.807) is 17.3 Å². The molecule has 0 saturated carbocycles. The lowest BCUT2D eigenvalue weighted by molar-refractivity contribution is -0.121. The van der Waals surface area contributed by atoms with E-state index in [0.29, 0.717) is 24.7 Å². The van der Waals surface area contributed by atoms with Crippen LogP contribution < -0.4 is 10.2 Å². The van der Waals surface area contributed by atoms with E-state index in [9.17, 15) is 4.79 Å². The van der Waals surface area contributed by atoms with Crippen LogP contribution in [0.25, 0.3) is 0 Å². The first-order valence-corrected chi connectivity index (χ1v) is 6.35. The van der Waals surface area contributed by atoms with Crippen molar-refractivity contribution in [3.05, 3.63) is 24.1 Å². The second-order valence-electron chi connectivity index (χ2n) is 4.65. The molecule has 2 heterocycles. The average Bonchev–Trinajstić information content (AvgIpc) is 3.07. The molecule has 8 heteroatoms. The molecular weight excluding hydrogens is 260 g/mol. The monoisotopic (exact) mass is 278 g/mol. The summed E-state index contributed by atoms with van der Waals surface area (Å²) in [6.07, 6.45) is 4.08. The minimum atomic E-state index is -0.155. The largest absolute Gasteiger partial charge is 0.347 e. The molecule has 0 bridgehead atoms. The van der Waals surface area contributed by atoms with Crippen LogP contribution in [0.4, 0.5) is 5.95 Å². The van der Waals surface area contributed by atoms with E-state index in [1.807, 2.05) is 21.0 Å². The smallest absolute Gasteiger partial charge is 0.265 e. The van der Waals surface area contributed by atoms with Gasteiger partial charge in [-0.2, -0.15) is 4.98 Å².